The number of carbonyl (C=O) groups excluding carboxylic acids is 1. The van der Waals surface area contributed by atoms with Crippen LogP contribution in [0.1, 0.15) is 6.92 Å². The van der Waals surface area contributed by atoms with Crippen molar-refractivity contribution in [1.82, 2.24) is 15.1 Å². The summed E-state index contributed by atoms with van der Waals surface area (Å²) in [5, 5.41) is 11.0. The number of amides is 1. The highest BCUT2D eigenvalue weighted by Crippen LogP contribution is 2.32. The van der Waals surface area contributed by atoms with Crippen LogP contribution in [0.15, 0.2) is 48.5 Å². The zero-order valence-electron chi connectivity index (χ0n) is 14.5. The first-order valence-electron chi connectivity index (χ1n) is 8.64. The third-order valence-electron chi connectivity index (χ3n) is 4.87. The zero-order valence-corrected chi connectivity index (χ0v) is 14.5. The standard InChI is InChI=1S/C20H19FN4O/c1-14-12-24(13-26)10-11-25(14)20-18-5-3-2-4-17(18)19(22-23-20)15-6-8-16(21)9-7-15/h2-9,13-14H,10-12H2,1H3/t14-/m0/s1. The van der Waals surface area contributed by atoms with Gasteiger partial charge in [0.2, 0.25) is 6.41 Å². The molecule has 1 fully saturated rings. The van der Waals surface area contributed by atoms with Crippen molar-refractivity contribution in [1.29, 1.82) is 0 Å². The molecule has 4 rings (SSSR count). The monoisotopic (exact) mass is 350 g/mol. The van der Waals surface area contributed by atoms with Crippen LogP contribution in [-0.4, -0.2) is 47.2 Å². The quantitative estimate of drug-likeness (QED) is 0.681. The average molecular weight is 350 g/mol. The van der Waals surface area contributed by atoms with Crippen molar-refractivity contribution in [2.75, 3.05) is 24.5 Å². The summed E-state index contributed by atoms with van der Waals surface area (Å²) in [6.07, 6.45) is 0.898. The number of rotatable bonds is 3. The Morgan fingerprint density at radius 3 is 2.46 bits per heavy atom. The van der Waals surface area contributed by atoms with Crippen LogP contribution in [0.4, 0.5) is 10.2 Å². The second-order valence-electron chi connectivity index (χ2n) is 6.57. The maximum atomic E-state index is 13.3. The van der Waals surface area contributed by atoms with Crippen LogP contribution in [-0.2, 0) is 4.79 Å². The Morgan fingerprint density at radius 1 is 1.04 bits per heavy atom. The smallest absolute Gasteiger partial charge is 0.209 e. The van der Waals surface area contributed by atoms with Crippen molar-refractivity contribution in [3.05, 3.63) is 54.3 Å². The lowest BCUT2D eigenvalue weighted by molar-refractivity contribution is -0.118. The van der Waals surface area contributed by atoms with Crippen LogP contribution in [0.3, 0.4) is 0 Å². The highest BCUT2D eigenvalue weighted by atomic mass is 19.1. The molecule has 1 aromatic heterocycles. The number of anilines is 1. The van der Waals surface area contributed by atoms with Gasteiger partial charge in [-0.1, -0.05) is 24.3 Å². The molecular weight excluding hydrogens is 331 g/mol. The van der Waals surface area contributed by atoms with E-state index < -0.39 is 0 Å². The van der Waals surface area contributed by atoms with Gasteiger partial charge in [-0.3, -0.25) is 4.79 Å². The van der Waals surface area contributed by atoms with Gasteiger partial charge in [0.05, 0.1) is 0 Å². The van der Waals surface area contributed by atoms with Crippen LogP contribution in [0.25, 0.3) is 22.0 Å². The van der Waals surface area contributed by atoms with Gasteiger partial charge in [0.25, 0.3) is 0 Å². The van der Waals surface area contributed by atoms with E-state index >= 15 is 0 Å². The molecule has 2 heterocycles. The third-order valence-corrected chi connectivity index (χ3v) is 4.87. The molecule has 0 saturated carbocycles. The predicted octanol–water partition coefficient (Wildman–Crippen LogP) is 3.10. The van der Waals surface area contributed by atoms with E-state index in [0.29, 0.717) is 19.6 Å². The van der Waals surface area contributed by atoms with E-state index in [9.17, 15) is 9.18 Å². The number of hydrogen-bond donors (Lipinski definition) is 0. The van der Waals surface area contributed by atoms with Crippen LogP contribution in [0.5, 0.6) is 0 Å². The Balaban J connectivity index is 1.80. The first-order valence-corrected chi connectivity index (χ1v) is 8.64. The molecule has 1 aliphatic rings. The molecule has 5 nitrogen and oxygen atoms in total. The van der Waals surface area contributed by atoms with Crippen LogP contribution >= 0.6 is 0 Å². The van der Waals surface area contributed by atoms with E-state index in [1.807, 2.05) is 24.3 Å². The molecule has 1 aliphatic heterocycles. The van der Waals surface area contributed by atoms with Crippen LogP contribution in [0.2, 0.25) is 0 Å². The summed E-state index contributed by atoms with van der Waals surface area (Å²) in [6.45, 7) is 4.14. The number of nitrogens with zero attached hydrogens (tertiary/aromatic N) is 4. The summed E-state index contributed by atoms with van der Waals surface area (Å²) in [7, 11) is 0. The minimum absolute atomic E-state index is 0.156. The van der Waals surface area contributed by atoms with Gasteiger partial charge < -0.3 is 9.80 Å². The molecule has 0 spiro atoms. The Labute approximate surface area is 151 Å². The summed E-state index contributed by atoms with van der Waals surface area (Å²) in [5.74, 6) is 0.550. The van der Waals surface area contributed by atoms with Gasteiger partial charge in [-0.15, -0.1) is 10.2 Å². The molecule has 2 aromatic carbocycles. The Kier molecular flexibility index (Phi) is 4.24. The Morgan fingerprint density at radius 2 is 1.77 bits per heavy atom. The number of fused-ring (bicyclic) bond motifs is 1. The second kappa shape index (κ2) is 6.71. The number of aromatic nitrogens is 2. The summed E-state index contributed by atoms with van der Waals surface area (Å²) in [4.78, 5) is 15.0. The zero-order chi connectivity index (χ0) is 18.1. The Bertz CT molecular complexity index is 944. The molecule has 26 heavy (non-hydrogen) atoms. The largest absolute Gasteiger partial charge is 0.348 e. The van der Waals surface area contributed by atoms with Gasteiger partial charge >= 0.3 is 0 Å². The van der Waals surface area contributed by atoms with Gasteiger partial charge in [-0.25, -0.2) is 4.39 Å². The third kappa shape index (κ3) is 2.87. The minimum Gasteiger partial charge on any atom is -0.348 e. The number of halogens is 1. The van der Waals surface area contributed by atoms with E-state index in [-0.39, 0.29) is 11.9 Å². The van der Waals surface area contributed by atoms with Gasteiger partial charge in [0.1, 0.15) is 11.5 Å². The molecule has 132 valence electrons. The molecule has 0 bridgehead atoms. The summed E-state index contributed by atoms with van der Waals surface area (Å²) in [6, 6.07) is 14.4. The normalized spacial score (nSPS) is 17.5. The molecular formula is C20H19FN4O. The Hall–Kier alpha value is -3.02. The van der Waals surface area contributed by atoms with Gasteiger partial charge in [-0.2, -0.15) is 0 Å². The summed E-state index contributed by atoms with van der Waals surface area (Å²) < 4.78 is 13.3. The van der Waals surface area contributed by atoms with E-state index in [4.69, 9.17) is 0 Å². The highest BCUT2D eigenvalue weighted by molar-refractivity contribution is 6.00. The molecule has 0 radical (unpaired) electrons. The lowest BCUT2D eigenvalue weighted by Crippen LogP contribution is -2.51. The summed E-state index contributed by atoms with van der Waals surface area (Å²) in [5.41, 5.74) is 1.57. The van der Waals surface area contributed by atoms with Crippen LogP contribution < -0.4 is 4.90 Å². The first-order chi connectivity index (χ1) is 12.7. The fraction of sp³-hybridized carbons (Fsp3) is 0.250. The van der Waals surface area contributed by atoms with Crippen molar-refractivity contribution < 1.29 is 9.18 Å². The number of carbonyl (C=O) groups is 1. The van der Waals surface area contributed by atoms with E-state index in [1.54, 1.807) is 17.0 Å². The molecule has 0 aliphatic carbocycles. The topological polar surface area (TPSA) is 49.3 Å². The number of hydrogen-bond acceptors (Lipinski definition) is 4. The SMILES string of the molecule is C[C@H]1CN(C=O)CCN1c1nnc(-c2ccc(F)cc2)c2ccccc12. The van der Waals surface area contributed by atoms with Crippen molar-refractivity contribution >= 4 is 23.0 Å². The van der Waals surface area contributed by atoms with Crippen LogP contribution in [0, 0.1) is 5.82 Å². The van der Waals surface area contributed by atoms with E-state index in [2.05, 4.69) is 22.0 Å². The highest BCUT2D eigenvalue weighted by Gasteiger charge is 2.26. The molecule has 3 aromatic rings. The van der Waals surface area contributed by atoms with Gasteiger partial charge in [-0.05, 0) is 31.2 Å². The molecule has 0 unspecified atom stereocenters. The van der Waals surface area contributed by atoms with Crippen molar-refractivity contribution in [2.45, 2.75) is 13.0 Å². The maximum absolute atomic E-state index is 13.3. The molecule has 1 amide bonds. The summed E-state index contributed by atoms with van der Waals surface area (Å²) >= 11 is 0. The van der Waals surface area contributed by atoms with Crippen molar-refractivity contribution in [3.8, 4) is 11.3 Å². The lowest BCUT2D eigenvalue weighted by atomic mass is 10.0. The number of benzene rings is 2. The maximum Gasteiger partial charge on any atom is 0.209 e. The fourth-order valence-electron chi connectivity index (χ4n) is 3.52. The van der Waals surface area contributed by atoms with Crippen molar-refractivity contribution in [2.24, 2.45) is 0 Å². The van der Waals surface area contributed by atoms with Gasteiger partial charge in [0, 0.05) is 42.0 Å². The van der Waals surface area contributed by atoms with E-state index in [0.717, 1.165) is 34.3 Å². The average Bonchev–Trinajstić information content (AvgIpc) is 2.68. The predicted molar refractivity (Wildman–Crippen MR) is 99.4 cm³/mol. The minimum atomic E-state index is -0.274. The molecule has 6 heteroatoms. The second-order valence-corrected chi connectivity index (χ2v) is 6.57. The molecule has 1 saturated heterocycles. The molecule has 0 N–H and O–H groups in total. The van der Waals surface area contributed by atoms with Gasteiger partial charge in [0.15, 0.2) is 5.82 Å². The fourth-order valence-corrected chi connectivity index (χ4v) is 3.52. The number of piperazine rings is 1. The van der Waals surface area contributed by atoms with Crippen molar-refractivity contribution in [3.63, 3.8) is 0 Å². The van der Waals surface area contributed by atoms with E-state index in [1.165, 1.54) is 12.1 Å². The lowest BCUT2D eigenvalue weighted by Gasteiger charge is -2.39. The first kappa shape index (κ1) is 16.4. The molecule has 1 atom stereocenters.